The Kier molecular flexibility index (Phi) is 4.35. The molecule has 0 saturated carbocycles. The highest BCUT2D eigenvalue weighted by Crippen LogP contribution is 2.22. The van der Waals surface area contributed by atoms with Gasteiger partial charge in [0.2, 0.25) is 5.91 Å². The summed E-state index contributed by atoms with van der Waals surface area (Å²) in [4.78, 5) is 15.6. The molecule has 2 rings (SSSR count). The van der Waals surface area contributed by atoms with Crippen molar-refractivity contribution in [3.8, 4) is 0 Å². The Balaban J connectivity index is 2.09. The van der Waals surface area contributed by atoms with Gasteiger partial charge in [-0.05, 0) is 34.0 Å². The molecule has 0 unspecified atom stereocenters. The van der Waals surface area contributed by atoms with Gasteiger partial charge in [0.1, 0.15) is 5.82 Å². The van der Waals surface area contributed by atoms with Crippen molar-refractivity contribution in [1.82, 2.24) is 9.80 Å². The number of rotatable bonds is 2. The van der Waals surface area contributed by atoms with Crippen LogP contribution in [0.4, 0.5) is 4.39 Å². The zero-order valence-electron chi connectivity index (χ0n) is 10.3. The minimum atomic E-state index is -0.259. The molecule has 0 aromatic heterocycles. The third-order valence-corrected chi connectivity index (χ3v) is 4.07. The van der Waals surface area contributed by atoms with Crippen LogP contribution < -0.4 is 0 Å². The predicted octanol–water partition coefficient (Wildman–Crippen LogP) is 2.25. The summed E-state index contributed by atoms with van der Waals surface area (Å²) >= 11 is 3.26. The minimum Gasteiger partial charge on any atom is -0.345 e. The maximum absolute atomic E-state index is 13.4. The normalized spacial score (nSPS) is 17.9. The molecule has 0 bridgehead atoms. The highest BCUT2D eigenvalue weighted by Gasteiger charge is 2.19. The average Bonchev–Trinajstić information content (AvgIpc) is 2.48. The second-order valence-corrected chi connectivity index (χ2v) is 5.39. The fraction of sp³-hybridized carbons (Fsp3) is 0.462. The molecule has 18 heavy (non-hydrogen) atoms. The van der Waals surface area contributed by atoms with Crippen LogP contribution in [0.1, 0.15) is 12.0 Å². The highest BCUT2D eigenvalue weighted by molar-refractivity contribution is 9.10. The third-order valence-electron chi connectivity index (χ3n) is 3.18. The Morgan fingerprint density at radius 3 is 2.94 bits per heavy atom. The van der Waals surface area contributed by atoms with Crippen LogP contribution in [0.2, 0.25) is 0 Å². The van der Waals surface area contributed by atoms with E-state index in [1.165, 1.54) is 6.07 Å². The van der Waals surface area contributed by atoms with Gasteiger partial charge in [-0.1, -0.05) is 12.1 Å². The number of amides is 1. The van der Waals surface area contributed by atoms with Crippen molar-refractivity contribution >= 4 is 21.8 Å². The summed E-state index contributed by atoms with van der Waals surface area (Å²) in [6.45, 7) is 2.65. The topological polar surface area (TPSA) is 23.6 Å². The fourth-order valence-electron chi connectivity index (χ4n) is 2.09. The van der Waals surface area contributed by atoms with E-state index in [1.807, 2.05) is 13.1 Å². The number of benzene rings is 1. The quantitative estimate of drug-likeness (QED) is 0.836. The summed E-state index contributed by atoms with van der Waals surface area (Å²) in [5.41, 5.74) is 0.882. The third kappa shape index (κ3) is 3.09. The molecule has 1 amide bonds. The SMILES string of the molecule is CN1CCCN(Cc2cccc(F)c2Br)CC1=O. The van der Waals surface area contributed by atoms with Gasteiger partial charge in [0.05, 0.1) is 11.0 Å². The van der Waals surface area contributed by atoms with Crippen LogP contribution >= 0.6 is 15.9 Å². The lowest BCUT2D eigenvalue weighted by molar-refractivity contribution is -0.129. The van der Waals surface area contributed by atoms with Crippen molar-refractivity contribution < 1.29 is 9.18 Å². The van der Waals surface area contributed by atoms with Crippen LogP contribution in [0.25, 0.3) is 0 Å². The highest BCUT2D eigenvalue weighted by atomic mass is 79.9. The van der Waals surface area contributed by atoms with Gasteiger partial charge in [-0.15, -0.1) is 0 Å². The van der Waals surface area contributed by atoms with Gasteiger partial charge in [0.15, 0.2) is 0 Å². The minimum absolute atomic E-state index is 0.125. The van der Waals surface area contributed by atoms with Crippen molar-refractivity contribution in [2.75, 3.05) is 26.7 Å². The van der Waals surface area contributed by atoms with Gasteiger partial charge in [0.25, 0.3) is 0 Å². The maximum Gasteiger partial charge on any atom is 0.236 e. The average molecular weight is 315 g/mol. The molecule has 1 fully saturated rings. The molecule has 1 heterocycles. The molecule has 1 aromatic carbocycles. The van der Waals surface area contributed by atoms with E-state index < -0.39 is 0 Å². The number of nitrogens with zero attached hydrogens (tertiary/aromatic N) is 2. The zero-order chi connectivity index (χ0) is 13.1. The van der Waals surface area contributed by atoms with Crippen molar-refractivity contribution in [2.45, 2.75) is 13.0 Å². The fourth-order valence-corrected chi connectivity index (χ4v) is 2.48. The smallest absolute Gasteiger partial charge is 0.236 e. The second kappa shape index (κ2) is 5.80. The second-order valence-electron chi connectivity index (χ2n) is 4.59. The lowest BCUT2D eigenvalue weighted by atomic mass is 10.2. The lowest BCUT2D eigenvalue weighted by Gasteiger charge is -2.20. The van der Waals surface area contributed by atoms with E-state index >= 15 is 0 Å². The van der Waals surface area contributed by atoms with E-state index in [0.29, 0.717) is 17.6 Å². The van der Waals surface area contributed by atoms with Crippen LogP contribution in [0.5, 0.6) is 0 Å². The van der Waals surface area contributed by atoms with Gasteiger partial charge < -0.3 is 4.90 Å². The predicted molar refractivity (Wildman–Crippen MR) is 71.6 cm³/mol. The number of hydrogen-bond donors (Lipinski definition) is 0. The van der Waals surface area contributed by atoms with Crippen LogP contribution in [0.3, 0.4) is 0 Å². The van der Waals surface area contributed by atoms with E-state index in [4.69, 9.17) is 0 Å². The first kappa shape index (κ1) is 13.5. The summed E-state index contributed by atoms with van der Waals surface area (Å²) in [6, 6.07) is 5.00. The van der Waals surface area contributed by atoms with Crippen molar-refractivity contribution in [3.05, 3.63) is 34.1 Å². The summed E-state index contributed by atoms with van der Waals surface area (Å²) in [7, 11) is 1.82. The largest absolute Gasteiger partial charge is 0.345 e. The molecule has 0 radical (unpaired) electrons. The maximum atomic E-state index is 13.4. The molecule has 0 atom stereocenters. The molecular formula is C13H16BrFN2O. The standard InChI is InChI=1S/C13H16BrFN2O/c1-16-6-3-7-17(9-12(16)18)8-10-4-2-5-11(15)13(10)14/h2,4-5H,3,6-9H2,1H3. The Morgan fingerprint density at radius 2 is 2.17 bits per heavy atom. The van der Waals surface area contributed by atoms with Crippen molar-refractivity contribution in [1.29, 1.82) is 0 Å². The molecule has 98 valence electrons. The van der Waals surface area contributed by atoms with Crippen LogP contribution in [0.15, 0.2) is 22.7 Å². The molecule has 0 N–H and O–H groups in total. The van der Waals surface area contributed by atoms with Gasteiger partial charge in [-0.3, -0.25) is 9.69 Å². The zero-order valence-corrected chi connectivity index (χ0v) is 11.9. The van der Waals surface area contributed by atoms with E-state index in [2.05, 4.69) is 20.8 Å². The van der Waals surface area contributed by atoms with Crippen LogP contribution in [0, 0.1) is 5.82 Å². The Morgan fingerprint density at radius 1 is 1.39 bits per heavy atom. The molecule has 3 nitrogen and oxygen atoms in total. The first-order valence-corrected chi connectivity index (χ1v) is 6.76. The monoisotopic (exact) mass is 314 g/mol. The molecule has 0 aliphatic carbocycles. The van der Waals surface area contributed by atoms with E-state index in [0.717, 1.165) is 25.1 Å². The van der Waals surface area contributed by atoms with E-state index in [1.54, 1.807) is 11.0 Å². The summed E-state index contributed by atoms with van der Waals surface area (Å²) in [5, 5.41) is 0. The van der Waals surface area contributed by atoms with E-state index in [-0.39, 0.29) is 11.7 Å². The van der Waals surface area contributed by atoms with Crippen molar-refractivity contribution in [2.24, 2.45) is 0 Å². The van der Waals surface area contributed by atoms with Gasteiger partial charge in [-0.2, -0.15) is 0 Å². The van der Waals surface area contributed by atoms with Gasteiger partial charge in [0, 0.05) is 26.7 Å². The molecule has 1 aliphatic heterocycles. The first-order chi connectivity index (χ1) is 8.58. The van der Waals surface area contributed by atoms with E-state index in [9.17, 15) is 9.18 Å². The molecule has 1 saturated heterocycles. The van der Waals surface area contributed by atoms with Crippen molar-refractivity contribution in [3.63, 3.8) is 0 Å². The lowest BCUT2D eigenvalue weighted by Crippen LogP contribution is -2.34. The summed E-state index contributed by atoms with van der Waals surface area (Å²) in [6.07, 6.45) is 0.954. The number of carbonyl (C=O) groups is 1. The molecule has 1 aliphatic rings. The number of halogens is 2. The summed E-state index contributed by atoms with van der Waals surface area (Å²) in [5.74, 6) is -0.134. The molecular weight excluding hydrogens is 299 g/mol. The van der Waals surface area contributed by atoms with Gasteiger partial charge in [-0.25, -0.2) is 4.39 Å². The Hall–Kier alpha value is -0.940. The Labute approximate surface area is 115 Å². The summed E-state index contributed by atoms with van der Waals surface area (Å²) < 4.78 is 13.9. The van der Waals surface area contributed by atoms with Gasteiger partial charge >= 0.3 is 0 Å². The number of likely N-dealkylation sites (N-methyl/N-ethyl adjacent to an activating group) is 1. The van der Waals surface area contributed by atoms with Crippen LogP contribution in [-0.2, 0) is 11.3 Å². The number of hydrogen-bond acceptors (Lipinski definition) is 2. The van der Waals surface area contributed by atoms with Crippen LogP contribution in [-0.4, -0.2) is 42.4 Å². The molecule has 5 heteroatoms. The number of carbonyl (C=O) groups excluding carboxylic acids is 1. The first-order valence-electron chi connectivity index (χ1n) is 5.97. The molecule has 0 spiro atoms. The Bertz CT molecular complexity index is 453. The molecule has 1 aromatic rings.